The monoisotopic (exact) mass is 254 g/mol. The predicted molar refractivity (Wildman–Crippen MR) is 73.0 cm³/mol. The van der Waals surface area contributed by atoms with Gasteiger partial charge in [-0.15, -0.1) is 0 Å². The lowest BCUT2D eigenvalue weighted by Crippen LogP contribution is -2.25. The van der Waals surface area contributed by atoms with Crippen molar-refractivity contribution >= 4 is 16.8 Å². The molecule has 0 spiro atoms. The minimum atomic E-state index is -0.0947. The quantitative estimate of drug-likeness (QED) is 0.752. The van der Waals surface area contributed by atoms with Gasteiger partial charge >= 0.3 is 0 Å². The van der Waals surface area contributed by atoms with Crippen molar-refractivity contribution < 1.29 is 9.21 Å². The van der Waals surface area contributed by atoms with Crippen LogP contribution in [0.25, 0.3) is 10.9 Å². The van der Waals surface area contributed by atoms with Crippen molar-refractivity contribution in [2.45, 2.75) is 6.42 Å². The standard InChI is InChI=1S/C15H14N2O2/c18-15(16-8-7-12-5-3-9-19-12)14-10-11-4-1-2-6-13(11)17-14/h1-6,9-10,17H,7-8H2,(H,16,18). The largest absolute Gasteiger partial charge is 0.469 e. The van der Waals surface area contributed by atoms with Crippen molar-refractivity contribution in [3.8, 4) is 0 Å². The molecule has 0 unspecified atom stereocenters. The molecule has 0 radical (unpaired) electrons. The number of benzene rings is 1. The van der Waals surface area contributed by atoms with Gasteiger partial charge in [0.15, 0.2) is 0 Å². The Bertz CT molecular complexity index is 650. The highest BCUT2D eigenvalue weighted by atomic mass is 16.3. The Kier molecular flexibility index (Phi) is 3.06. The molecule has 3 aromatic rings. The minimum absolute atomic E-state index is 0.0947. The van der Waals surface area contributed by atoms with E-state index in [-0.39, 0.29) is 5.91 Å². The summed E-state index contributed by atoms with van der Waals surface area (Å²) in [6.45, 7) is 0.557. The second-order valence-electron chi connectivity index (χ2n) is 4.36. The molecule has 0 saturated heterocycles. The summed E-state index contributed by atoms with van der Waals surface area (Å²) in [6.07, 6.45) is 2.33. The number of para-hydroxylation sites is 1. The first kappa shape index (κ1) is 11.6. The minimum Gasteiger partial charge on any atom is -0.469 e. The third-order valence-corrected chi connectivity index (χ3v) is 3.01. The molecule has 96 valence electrons. The number of carbonyl (C=O) groups is 1. The van der Waals surface area contributed by atoms with E-state index in [2.05, 4.69) is 10.3 Å². The normalized spacial score (nSPS) is 10.7. The molecule has 4 nitrogen and oxygen atoms in total. The van der Waals surface area contributed by atoms with Crippen LogP contribution in [0.2, 0.25) is 0 Å². The van der Waals surface area contributed by atoms with Gasteiger partial charge in [-0.05, 0) is 24.3 Å². The van der Waals surface area contributed by atoms with E-state index in [1.807, 2.05) is 42.5 Å². The Labute approximate surface area is 110 Å². The van der Waals surface area contributed by atoms with Gasteiger partial charge in [0.25, 0.3) is 5.91 Å². The lowest BCUT2D eigenvalue weighted by molar-refractivity contribution is 0.0949. The molecule has 2 heterocycles. The van der Waals surface area contributed by atoms with Crippen LogP contribution in [0.4, 0.5) is 0 Å². The number of nitrogens with one attached hydrogen (secondary N) is 2. The van der Waals surface area contributed by atoms with Crippen LogP contribution >= 0.6 is 0 Å². The molecule has 0 aliphatic carbocycles. The topological polar surface area (TPSA) is 58.0 Å². The van der Waals surface area contributed by atoms with Gasteiger partial charge in [0.05, 0.1) is 6.26 Å². The van der Waals surface area contributed by atoms with Crippen LogP contribution in [0.1, 0.15) is 16.2 Å². The predicted octanol–water partition coefficient (Wildman–Crippen LogP) is 2.73. The van der Waals surface area contributed by atoms with E-state index < -0.39 is 0 Å². The van der Waals surface area contributed by atoms with Crippen molar-refractivity contribution in [3.63, 3.8) is 0 Å². The van der Waals surface area contributed by atoms with Crippen molar-refractivity contribution in [1.82, 2.24) is 10.3 Å². The van der Waals surface area contributed by atoms with Gasteiger partial charge in [0, 0.05) is 23.9 Å². The summed E-state index contributed by atoms with van der Waals surface area (Å²) in [7, 11) is 0. The number of amides is 1. The molecule has 0 fully saturated rings. The maximum absolute atomic E-state index is 12.0. The zero-order chi connectivity index (χ0) is 13.1. The maximum atomic E-state index is 12.0. The fourth-order valence-electron chi connectivity index (χ4n) is 2.04. The molecular formula is C15H14N2O2. The molecule has 3 rings (SSSR count). The molecular weight excluding hydrogens is 240 g/mol. The number of aromatic amines is 1. The Morgan fingerprint density at radius 2 is 2.11 bits per heavy atom. The number of hydrogen-bond donors (Lipinski definition) is 2. The van der Waals surface area contributed by atoms with Crippen molar-refractivity contribution in [3.05, 3.63) is 60.2 Å². The highest BCUT2D eigenvalue weighted by molar-refractivity contribution is 5.97. The molecule has 4 heteroatoms. The van der Waals surface area contributed by atoms with E-state index >= 15 is 0 Å². The molecule has 0 saturated carbocycles. The van der Waals surface area contributed by atoms with Crippen LogP contribution in [-0.4, -0.2) is 17.4 Å². The summed E-state index contributed by atoms with van der Waals surface area (Å²) < 4.78 is 5.21. The van der Waals surface area contributed by atoms with E-state index in [1.165, 1.54) is 0 Å². The fraction of sp³-hybridized carbons (Fsp3) is 0.133. The van der Waals surface area contributed by atoms with Gasteiger partial charge in [-0.3, -0.25) is 4.79 Å². The lowest BCUT2D eigenvalue weighted by atomic mass is 10.2. The molecule has 0 aliphatic rings. The zero-order valence-corrected chi connectivity index (χ0v) is 10.3. The van der Waals surface area contributed by atoms with Crippen molar-refractivity contribution in [2.75, 3.05) is 6.54 Å². The summed E-state index contributed by atoms with van der Waals surface area (Å²) >= 11 is 0. The van der Waals surface area contributed by atoms with Crippen LogP contribution in [0.15, 0.2) is 53.1 Å². The van der Waals surface area contributed by atoms with E-state index in [0.717, 1.165) is 16.7 Å². The molecule has 0 aliphatic heterocycles. The van der Waals surface area contributed by atoms with Gasteiger partial charge in [-0.25, -0.2) is 0 Å². The number of aromatic nitrogens is 1. The second kappa shape index (κ2) is 5.02. The molecule has 1 amide bonds. The summed E-state index contributed by atoms with van der Waals surface area (Å²) in [5.74, 6) is 0.778. The van der Waals surface area contributed by atoms with Crippen LogP contribution in [-0.2, 0) is 6.42 Å². The molecule has 0 bridgehead atoms. The van der Waals surface area contributed by atoms with Crippen LogP contribution in [0, 0.1) is 0 Å². The average Bonchev–Trinajstić information content (AvgIpc) is 3.07. The highest BCUT2D eigenvalue weighted by Crippen LogP contribution is 2.14. The van der Waals surface area contributed by atoms with E-state index in [9.17, 15) is 4.79 Å². The van der Waals surface area contributed by atoms with Gasteiger partial charge in [0.1, 0.15) is 11.5 Å². The molecule has 19 heavy (non-hydrogen) atoms. The number of rotatable bonds is 4. The number of hydrogen-bond acceptors (Lipinski definition) is 2. The molecule has 2 N–H and O–H groups in total. The Morgan fingerprint density at radius 3 is 2.89 bits per heavy atom. The number of carbonyl (C=O) groups excluding carboxylic acids is 1. The van der Waals surface area contributed by atoms with E-state index in [1.54, 1.807) is 6.26 Å². The van der Waals surface area contributed by atoms with Gasteiger partial charge in [-0.1, -0.05) is 18.2 Å². The van der Waals surface area contributed by atoms with E-state index in [4.69, 9.17) is 4.42 Å². The smallest absolute Gasteiger partial charge is 0.267 e. The van der Waals surface area contributed by atoms with Gasteiger partial charge in [0.2, 0.25) is 0 Å². The van der Waals surface area contributed by atoms with Gasteiger partial charge in [-0.2, -0.15) is 0 Å². The number of furan rings is 1. The first-order valence-electron chi connectivity index (χ1n) is 6.21. The zero-order valence-electron chi connectivity index (χ0n) is 10.3. The van der Waals surface area contributed by atoms with Gasteiger partial charge < -0.3 is 14.7 Å². The van der Waals surface area contributed by atoms with Crippen molar-refractivity contribution in [1.29, 1.82) is 0 Å². The maximum Gasteiger partial charge on any atom is 0.267 e. The summed E-state index contributed by atoms with van der Waals surface area (Å²) in [4.78, 5) is 15.1. The van der Waals surface area contributed by atoms with Crippen LogP contribution < -0.4 is 5.32 Å². The Morgan fingerprint density at radius 1 is 1.21 bits per heavy atom. The van der Waals surface area contributed by atoms with Crippen LogP contribution in [0.3, 0.4) is 0 Å². The van der Waals surface area contributed by atoms with Crippen LogP contribution in [0.5, 0.6) is 0 Å². The Hall–Kier alpha value is -2.49. The van der Waals surface area contributed by atoms with Crippen molar-refractivity contribution in [2.24, 2.45) is 0 Å². The summed E-state index contributed by atoms with van der Waals surface area (Å²) in [6, 6.07) is 13.4. The third-order valence-electron chi connectivity index (χ3n) is 3.01. The molecule has 0 atom stereocenters. The summed E-state index contributed by atoms with van der Waals surface area (Å²) in [5, 5.41) is 3.91. The SMILES string of the molecule is O=C(NCCc1ccco1)c1cc2ccccc2[nH]1. The summed E-state index contributed by atoms with van der Waals surface area (Å²) in [5.41, 5.74) is 1.55. The first-order chi connectivity index (χ1) is 9.33. The average molecular weight is 254 g/mol. The number of H-pyrrole nitrogens is 1. The van der Waals surface area contributed by atoms with E-state index in [0.29, 0.717) is 18.7 Å². The number of fused-ring (bicyclic) bond motifs is 1. The third kappa shape index (κ3) is 2.52. The lowest BCUT2D eigenvalue weighted by Gasteiger charge is -2.01. The highest BCUT2D eigenvalue weighted by Gasteiger charge is 2.08. The fourth-order valence-corrected chi connectivity index (χ4v) is 2.04. The first-order valence-corrected chi connectivity index (χ1v) is 6.21. The Balaban J connectivity index is 1.63. The molecule has 2 aromatic heterocycles. The molecule has 1 aromatic carbocycles. The second-order valence-corrected chi connectivity index (χ2v) is 4.36.